The number of hydrogen-bond donors (Lipinski definition) is 1. The van der Waals surface area contributed by atoms with Crippen LogP contribution in [0.25, 0.3) is 0 Å². The lowest BCUT2D eigenvalue weighted by Gasteiger charge is -2.32. The van der Waals surface area contributed by atoms with Crippen LogP contribution in [0.15, 0.2) is 30.6 Å². The van der Waals surface area contributed by atoms with E-state index in [4.69, 9.17) is 22.1 Å². The number of benzene rings is 1. The standard InChI is InChI=1S/C17H21ClN4O.2ClH/c1-22(9-12-5-13(18)3-4-16(12)23-2)17-8-15(20-10-21-17)11-6-14(19)7-11;;/h3-5,8,10-11,14H,6-7,9,19H2,1-2H3;2*1H. The third-order valence-corrected chi connectivity index (χ3v) is 4.54. The van der Waals surface area contributed by atoms with E-state index in [2.05, 4.69) is 14.9 Å². The summed E-state index contributed by atoms with van der Waals surface area (Å²) in [4.78, 5) is 10.8. The van der Waals surface area contributed by atoms with E-state index in [1.807, 2.05) is 31.3 Å². The van der Waals surface area contributed by atoms with Crippen molar-refractivity contribution < 1.29 is 4.74 Å². The Morgan fingerprint density at radius 3 is 2.60 bits per heavy atom. The van der Waals surface area contributed by atoms with Gasteiger partial charge in [-0.25, -0.2) is 9.97 Å². The van der Waals surface area contributed by atoms with Crippen LogP contribution >= 0.6 is 36.4 Å². The molecule has 1 aromatic carbocycles. The number of anilines is 1. The fourth-order valence-electron chi connectivity index (χ4n) is 2.90. The molecule has 0 aliphatic heterocycles. The van der Waals surface area contributed by atoms with E-state index >= 15 is 0 Å². The van der Waals surface area contributed by atoms with Crippen molar-refractivity contribution in [2.75, 3.05) is 19.1 Å². The first-order chi connectivity index (χ1) is 11.1. The van der Waals surface area contributed by atoms with Crippen molar-refractivity contribution in [3.05, 3.63) is 46.9 Å². The predicted octanol–water partition coefficient (Wildman–Crippen LogP) is 3.82. The Balaban J connectivity index is 0.00000156. The molecule has 3 rings (SSSR count). The van der Waals surface area contributed by atoms with E-state index in [9.17, 15) is 0 Å². The van der Waals surface area contributed by atoms with Gasteiger partial charge in [-0.3, -0.25) is 0 Å². The minimum Gasteiger partial charge on any atom is -0.496 e. The summed E-state index contributed by atoms with van der Waals surface area (Å²) in [5.74, 6) is 2.17. The predicted molar refractivity (Wildman–Crippen MR) is 107 cm³/mol. The van der Waals surface area contributed by atoms with Crippen LogP contribution < -0.4 is 15.4 Å². The van der Waals surface area contributed by atoms with Crippen molar-refractivity contribution in [1.29, 1.82) is 0 Å². The molecule has 0 spiro atoms. The maximum Gasteiger partial charge on any atom is 0.132 e. The Hall–Kier alpha value is -1.27. The topological polar surface area (TPSA) is 64.3 Å². The number of halogens is 3. The quantitative estimate of drug-likeness (QED) is 0.819. The van der Waals surface area contributed by atoms with E-state index in [1.165, 1.54) is 0 Å². The number of rotatable bonds is 5. The molecule has 2 aromatic rings. The molecular formula is C17H23Cl3N4O. The number of aromatic nitrogens is 2. The van der Waals surface area contributed by atoms with Crippen LogP contribution in [-0.2, 0) is 6.54 Å². The molecule has 0 amide bonds. The maximum absolute atomic E-state index is 6.10. The summed E-state index contributed by atoms with van der Waals surface area (Å²) in [6.07, 6.45) is 3.63. The Morgan fingerprint density at radius 2 is 1.96 bits per heavy atom. The highest BCUT2D eigenvalue weighted by atomic mass is 35.5. The van der Waals surface area contributed by atoms with Gasteiger partial charge in [0, 0.05) is 47.9 Å². The minimum atomic E-state index is 0. The fourth-order valence-corrected chi connectivity index (χ4v) is 3.10. The molecule has 0 atom stereocenters. The van der Waals surface area contributed by atoms with Crippen molar-refractivity contribution in [2.24, 2.45) is 5.73 Å². The van der Waals surface area contributed by atoms with Crippen molar-refractivity contribution in [3.63, 3.8) is 0 Å². The van der Waals surface area contributed by atoms with E-state index in [-0.39, 0.29) is 24.8 Å². The van der Waals surface area contributed by atoms with Gasteiger partial charge in [-0.1, -0.05) is 11.6 Å². The Kier molecular flexibility index (Phi) is 8.22. The van der Waals surface area contributed by atoms with Gasteiger partial charge in [0.05, 0.1) is 7.11 Å². The lowest BCUT2D eigenvalue weighted by atomic mass is 9.78. The number of nitrogens with two attached hydrogens (primary N) is 1. The van der Waals surface area contributed by atoms with Crippen LogP contribution in [0.2, 0.25) is 5.02 Å². The second kappa shape index (κ2) is 9.43. The zero-order chi connectivity index (χ0) is 16.4. The largest absolute Gasteiger partial charge is 0.496 e. The van der Waals surface area contributed by atoms with Crippen molar-refractivity contribution >= 4 is 42.2 Å². The normalized spacial score (nSPS) is 18.4. The number of ether oxygens (including phenoxy) is 1. The van der Waals surface area contributed by atoms with Crippen LogP contribution in [0.5, 0.6) is 5.75 Å². The molecule has 8 heteroatoms. The highest BCUT2D eigenvalue weighted by molar-refractivity contribution is 6.30. The van der Waals surface area contributed by atoms with Gasteiger partial charge in [0.15, 0.2) is 0 Å². The van der Waals surface area contributed by atoms with E-state index in [0.717, 1.165) is 35.7 Å². The van der Waals surface area contributed by atoms with Gasteiger partial charge in [0.2, 0.25) is 0 Å². The van der Waals surface area contributed by atoms with Gasteiger partial charge < -0.3 is 15.4 Å². The first-order valence-electron chi connectivity index (χ1n) is 7.68. The van der Waals surface area contributed by atoms with Gasteiger partial charge in [0.1, 0.15) is 17.9 Å². The Morgan fingerprint density at radius 1 is 1.24 bits per heavy atom. The molecule has 0 radical (unpaired) electrons. The molecule has 1 aliphatic carbocycles. The summed E-state index contributed by atoms with van der Waals surface area (Å²) in [6.45, 7) is 0.657. The zero-order valence-electron chi connectivity index (χ0n) is 14.2. The summed E-state index contributed by atoms with van der Waals surface area (Å²) >= 11 is 6.10. The smallest absolute Gasteiger partial charge is 0.132 e. The van der Waals surface area contributed by atoms with Crippen molar-refractivity contribution in [3.8, 4) is 5.75 Å². The number of methoxy groups -OCH3 is 1. The molecule has 1 saturated carbocycles. The molecule has 138 valence electrons. The van der Waals surface area contributed by atoms with Gasteiger partial charge in [-0.05, 0) is 31.0 Å². The first-order valence-corrected chi connectivity index (χ1v) is 8.05. The molecule has 5 nitrogen and oxygen atoms in total. The Bertz CT molecular complexity index is 695. The average Bonchev–Trinajstić information content (AvgIpc) is 2.52. The second-order valence-corrected chi connectivity index (χ2v) is 6.48. The van der Waals surface area contributed by atoms with E-state index in [0.29, 0.717) is 23.5 Å². The van der Waals surface area contributed by atoms with Crippen molar-refractivity contribution in [1.82, 2.24) is 9.97 Å². The molecule has 0 bridgehead atoms. The number of hydrogen-bond acceptors (Lipinski definition) is 5. The molecular weight excluding hydrogens is 383 g/mol. The monoisotopic (exact) mass is 404 g/mol. The molecule has 25 heavy (non-hydrogen) atoms. The molecule has 1 fully saturated rings. The van der Waals surface area contributed by atoms with Crippen LogP contribution in [-0.4, -0.2) is 30.2 Å². The van der Waals surface area contributed by atoms with Gasteiger partial charge in [-0.15, -0.1) is 24.8 Å². The van der Waals surface area contributed by atoms with Crippen LogP contribution in [0.3, 0.4) is 0 Å². The third kappa shape index (κ3) is 5.11. The lowest BCUT2D eigenvalue weighted by molar-refractivity contribution is 0.345. The SMILES string of the molecule is COc1ccc(Cl)cc1CN(C)c1cc(C2CC(N)C2)ncn1.Cl.Cl. The van der Waals surface area contributed by atoms with Gasteiger partial charge >= 0.3 is 0 Å². The molecule has 2 N–H and O–H groups in total. The average molecular weight is 406 g/mol. The highest BCUT2D eigenvalue weighted by Gasteiger charge is 2.28. The molecule has 0 saturated heterocycles. The van der Waals surface area contributed by atoms with Crippen molar-refractivity contribution in [2.45, 2.75) is 31.3 Å². The maximum atomic E-state index is 6.10. The summed E-state index contributed by atoms with van der Waals surface area (Å²) < 4.78 is 5.41. The van der Waals surface area contributed by atoms with Gasteiger partial charge in [-0.2, -0.15) is 0 Å². The lowest BCUT2D eigenvalue weighted by Crippen LogP contribution is -2.35. The van der Waals surface area contributed by atoms with Gasteiger partial charge in [0.25, 0.3) is 0 Å². The van der Waals surface area contributed by atoms with E-state index < -0.39 is 0 Å². The zero-order valence-corrected chi connectivity index (χ0v) is 16.6. The Labute approximate surface area is 165 Å². The minimum absolute atomic E-state index is 0. The van der Waals surface area contributed by atoms with Crippen LogP contribution in [0.1, 0.15) is 30.0 Å². The first kappa shape index (κ1) is 21.8. The molecule has 1 aromatic heterocycles. The highest BCUT2D eigenvalue weighted by Crippen LogP contribution is 2.35. The molecule has 0 unspecified atom stereocenters. The second-order valence-electron chi connectivity index (χ2n) is 6.04. The fraction of sp³-hybridized carbons (Fsp3) is 0.412. The summed E-state index contributed by atoms with van der Waals surface area (Å²) in [5.41, 5.74) is 7.96. The van der Waals surface area contributed by atoms with E-state index in [1.54, 1.807) is 13.4 Å². The summed E-state index contributed by atoms with van der Waals surface area (Å²) in [7, 11) is 3.66. The molecule has 1 heterocycles. The number of nitrogens with zero attached hydrogens (tertiary/aromatic N) is 3. The van der Waals surface area contributed by atoms with Crippen LogP contribution in [0, 0.1) is 0 Å². The summed E-state index contributed by atoms with van der Waals surface area (Å²) in [5, 5.41) is 0.695. The summed E-state index contributed by atoms with van der Waals surface area (Å²) in [6, 6.07) is 7.99. The van der Waals surface area contributed by atoms with Crippen LogP contribution in [0.4, 0.5) is 5.82 Å². The third-order valence-electron chi connectivity index (χ3n) is 4.31. The molecule has 1 aliphatic rings.